The average molecular weight is 325 g/mol. The maximum Gasteiger partial charge on any atom is 0.214 e. The summed E-state index contributed by atoms with van der Waals surface area (Å²) in [6.07, 6.45) is 3.66. The second kappa shape index (κ2) is 6.14. The highest BCUT2D eigenvalue weighted by Gasteiger charge is 2.43. The minimum absolute atomic E-state index is 0.146. The molecule has 122 valence electrons. The predicted octanol–water partition coefficient (Wildman–Crippen LogP) is 1.10. The minimum Gasteiger partial charge on any atom is -0.370 e. The van der Waals surface area contributed by atoms with Gasteiger partial charge in [-0.2, -0.15) is 4.31 Å². The Balaban J connectivity index is 1.78. The number of ether oxygens (including phenoxy) is 1. The summed E-state index contributed by atoms with van der Waals surface area (Å²) >= 11 is 0. The molecule has 1 atom stereocenters. The molecular formula is C15H23N3O3S. The highest BCUT2D eigenvalue weighted by atomic mass is 32.2. The van der Waals surface area contributed by atoms with Crippen LogP contribution in [-0.4, -0.2) is 61.8 Å². The summed E-state index contributed by atoms with van der Waals surface area (Å²) in [5.41, 5.74) is -0.406. The highest BCUT2D eigenvalue weighted by Crippen LogP contribution is 2.31. The molecule has 1 unspecified atom stereocenters. The zero-order valence-corrected chi connectivity index (χ0v) is 13.8. The van der Waals surface area contributed by atoms with Gasteiger partial charge in [-0.1, -0.05) is 6.07 Å². The molecule has 3 rings (SSSR count). The maximum atomic E-state index is 12.2. The van der Waals surface area contributed by atoms with Crippen molar-refractivity contribution in [2.24, 2.45) is 0 Å². The normalized spacial score (nSPS) is 27.2. The molecule has 6 nitrogen and oxygen atoms in total. The highest BCUT2D eigenvalue weighted by molar-refractivity contribution is 7.89. The van der Waals surface area contributed by atoms with Crippen LogP contribution in [0.2, 0.25) is 0 Å². The summed E-state index contributed by atoms with van der Waals surface area (Å²) < 4.78 is 32.0. The Bertz CT molecular complexity index is 604. The van der Waals surface area contributed by atoms with Gasteiger partial charge in [-0.25, -0.2) is 13.4 Å². The summed E-state index contributed by atoms with van der Waals surface area (Å²) in [6.45, 7) is 4.70. The van der Waals surface area contributed by atoms with E-state index in [1.54, 1.807) is 17.4 Å². The summed E-state index contributed by atoms with van der Waals surface area (Å²) in [4.78, 5) is 6.60. The number of aromatic nitrogens is 1. The number of rotatable bonds is 3. The van der Waals surface area contributed by atoms with Crippen molar-refractivity contribution in [1.82, 2.24) is 9.29 Å². The Morgan fingerprint density at radius 3 is 2.91 bits per heavy atom. The van der Waals surface area contributed by atoms with Gasteiger partial charge in [0, 0.05) is 32.4 Å². The van der Waals surface area contributed by atoms with E-state index >= 15 is 0 Å². The fraction of sp³-hybridized carbons (Fsp3) is 0.667. The molecule has 1 aromatic rings. The third kappa shape index (κ3) is 3.11. The molecule has 0 amide bonds. The van der Waals surface area contributed by atoms with Gasteiger partial charge in [0.1, 0.15) is 5.82 Å². The van der Waals surface area contributed by atoms with E-state index in [9.17, 15) is 8.42 Å². The quantitative estimate of drug-likeness (QED) is 0.833. The van der Waals surface area contributed by atoms with E-state index in [1.807, 2.05) is 18.2 Å². The van der Waals surface area contributed by atoms with Crippen LogP contribution in [0, 0.1) is 0 Å². The first-order valence-electron chi connectivity index (χ1n) is 7.82. The summed E-state index contributed by atoms with van der Waals surface area (Å²) in [5.74, 6) is 1.08. The Hall–Kier alpha value is -1.18. The van der Waals surface area contributed by atoms with Gasteiger partial charge in [0.2, 0.25) is 10.0 Å². The van der Waals surface area contributed by atoms with E-state index < -0.39 is 15.6 Å². The van der Waals surface area contributed by atoms with Gasteiger partial charge >= 0.3 is 0 Å². The smallest absolute Gasteiger partial charge is 0.214 e. The molecule has 0 bridgehead atoms. The Morgan fingerprint density at radius 1 is 1.32 bits per heavy atom. The van der Waals surface area contributed by atoms with Crippen molar-refractivity contribution in [3.05, 3.63) is 24.4 Å². The van der Waals surface area contributed by atoms with Crippen molar-refractivity contribution in [2.75, 3.05) is 43.4 Å². The standard InChI is InChI=1S/C15H23N3O3S/c1-2-22(19,20)18-10-11-21-15(13-18)7-5-9-17(12-15)14-6-3-4-8-16-14/h3-4,6,8H,2,5,7,9-13H2,1H3. The molecule has 22 heavy (non-hydrogen) atoms. The van der Waals surface area contributed by atoms with Gasteiger partial charge in [0.25, 0.3) is 0 Å². The Morgan fingerprint density at radius 2 is 2.18 bits per heavy atom. The van der Waals surface area contributed by atoms with Crippen LogP contribution in [0.5, 0.6) is 0 Å². The maximum absolute atomic E-state index is 12.2. The SMILES string of the molecule is CCS(=O)(=O)N1CCOC2(CCCN(c3ccccn3)C2)C1. The third-order valence-corrected chi connectivity index (χ3v) is 6.31. The molecule has 1 spiro atoms. The number of pyridine rings is 1. The zero-order chi connectivity index (χ0) is 15.6. The summed E-state index contributed by atoms with van der Waals surface area (Å²) in [7, 11) is -3.16. The Kier molecular flexibility index (Phi) is 4.38. The monoisotopic (exact) mass is 325 g/mol. The number of hydrogen-bond acceptors (Lipinski definition) is 5. The fourth-order valence-electron chi connectivity index (χ4n) is 3.31. The van der Waals surface area contributed by atoms with E-state index in [0.717, 1.165) is 25.2 Å². The first kappa shape index (κ1) is 15.7. The largest absolute Gasteiger partial charge is 0.370 e. The van der Waals surface area contributed by atoms with Crippen LogP contribution in [0.1, 0.15) is 19.8 Å². The lowest BCUT2D eigenvalue weighted by molar-refractivity contribution is -0.0950. The molecule has 2 fully saturated rings. The minimum atomic E-state index is -3.16. The lowest BCUT2D eigenvalue weighted by Gasteiger charge is -2.47. The van der Waals surface area contributed by atoms with Crippen LogP contribution in [0.4, 0.5) is 5.82 Å². The molecule has 2 saturated heterocycles. The molecule has 0 radical (unpaired) electrons. The van der Waals surface area contributed by atoms with E-state index in [1.165, 1.54) is 0 Å². The van der Waals surface area contributed by atoms with Crippen LogP contribution in [0.25, 0.3) is 0 Å². The van der Waals surface area contributed by atoms with Crippen molar-refractivity contribution < 1.29 is 13.2 Å². The van der Waals surface area contributed by atoms with E-state index in [-0.39, 0.29) is 5.75 Å². The second-order valence-corrected chi connectivity index (χ2v) is 8.24. The van der Waals surface area contributed by atoms with Crippen molar-refractivity contribution in [3.8, 4) is 0 Å². The summed E-state index contributed by atoms with van der Waals surface area (Å²) in [6, 6.07) is 5.86. The molecule has 0 aromatic carbocycles. The molecule has 3 heterocycles. The zero-order valence-electron chi connectivity index (χ0n) is 12.9. The molecule has 0 aliphatic carbocycles. The van der Waals surface area contributed by atoms with Gasteiger partial charge in [-0.15, -0.1) is 0 Å². The third-order valence-electron chi connectivity index (χ3n) is 4.48. The van der Waals surface area contributed by atoms with Crippen LogP contribution in [-0.2, 0) is 14.8 Å². The van der Waals surface area contributed by atoms with Crippen molar-refractivity contribution >= 4 is 15.8 Å². The van der Waals surface area contributed by atoms with Crippen LogP contribution < -0.4 is 4.90 Å². The lowest BCUT2D eigenvalue weighted by atomic mass is 9.91. The number of piperidine rings is 1. The van der Waals surface area contributed by atoms with Gasteiger partial charge in [-0.3, -0.25) is 0 Å². The van der Waals surface area contributed by atoms with Crippen LogP contribution in [0.3, 0.4) is 0 Å². The van der Waals surface area contributed by atoms with Gasteiger partial charge in [0.15, 0.2) is 0 Å². The molecule has 2 aliphatic rings. The predicted molar refractivity (Wildman–Crippen MR) is 85.4 cm³/mol. The van der Waals surface area contributed by atoms with Gasteiger partial charge < -0.3 is 9.64 Å². The molecule has 0 N–H and O–H groups in total. The molecular weight excluding hydrogens is 302 g/mol. The number of nitrogens with zero attached hydrogens (tertiary/aromatic N) is 3. The van der Waals surface area contributed by atoms with E-state index in [4.69, 9.17) is 4.74 Å². The second-order valence-electron chi connectivity index (χ2n) is 5.98. The van der Waals surface area contributed by atoms with Crippen LogP contribution >= 0.6 is 0 Å². The summed E-state index contributed by atoms with van der Waals surface area (Å²) in [5, 5.41) is 0. The van der Waals surface area contributed by atoms with Crippen molar-refractivity contribution in [2.45, 2.75) is 25.4 Å². The number of hydrogen-bond donors (Lipinski definition) is 0. The fourth-order valence-corrected chi connectivity index (χ4v) is 4.46. The van der Waals surface area contributed by atoms with Crippen molar-refractivity contribution in [3.63, 3.8) is 0 Å². The number of anilines is 1. The number of sulfonamides is 1. The average Bonchev–Trinajstić information content (AvgIpc) is 2.56. The van der Waals surface area contributed by atoms with Gasteiger partial charge in [0.05, 0.1) is 18.0 Å². The lowest BCUT2D eigenvalue weighted by Crippen LogP contribution is -2.61. The molecule has 0 saturated carbocycles. The topological polar surface area (TPSA) is 62.7 Å². The first-order chi connectivity index (χ1) is 10.5. The first-order valence-corrected chi connectivity index (χ1v) is 9.43. The van der Waals surface area contributed by atoms with Crippen molar-refractivity contribution in [1.29, 1.82) is 0 Å². The van der Waals surface area contributed by atoms with Crippen LogP contribution in [0.15, 0.2) is 24.4 Å². The molecule has 2 aliphatic heterocycles. The number of morpholine rings is 1. The Labute approximate surface area is 132 Å². The van der Waals surface area contributed by atoms with E-state index in [2.05, 4.69) is 9.88 Å². The van der Waals surface area contributed by atoms with Gasteiger partial charge in [-0.05, 0) is 31.9 Å². The molecule has 1 aromatic heterocycles. The molecule has 7 heteroatoms. The van der Waals surface area contributed by atoms with E-state index in [0.29, 0.717) is 26.2 Å².